The van der Waals surface area contributed by atoms with Crippen LogP contribution in [0.3, 0.4) is 0 Å². The SMILES string of the molecule is O=C(Nc1cccc(Nc2nccc(-c3ccncc3)n2)c1)c1ccc(OC(F)(F)F)cc1. The average molecular weight is 451 g/mol. The van der Waals surface area contributed by atoms with Gasteiger partial charge in [0.05, 0.1) is 5.69 Å². The molecule has 2 N–H and O–H groups in total. The van der Waals surface area contributed by atoms with Crippen LogP contribution in [-0.2, 0) is 0 Å². The summed E-state index contributed by atoms with van der Waals surface area (Å²) in [4.78, 5) is 25.1. The number of aromatic nitrogens is 3. The first-order valence-electron chi connectivity index (χ1n) is 9.63. The Morgan fingerprint density at radius 2 is 1.61 bits per heavy atom. The van der Waals surface area contributed by atoms with Gasteiger partial charge >= 0.3 is 6.36 Å². The van der Waals surface area contributed by atoms with Crippen molar-refractivity contribution in [3.63, 3.8) is 0 Å². The summed E-state index contributed by atoms with van der Waals surface area (Å²) in [5.74, 6) is -0.520. The minimum atomic E-state index is -4.79. The Morgan fingerprint density at radius 3 is 2.33 bits per heavy atom. The molecule has 0 aliphatic rings. The van der Waals surface area contributed by atoms with Crippen molar-refractivity contribution in [1.82, 2.24) is 15.0 Å². The molecule has 0 aliphatic carbocycles. The van der Waals surface area contributed by atoms with E-state index in [1.807, 2.05) is 12.1 Å². The van der Waals surface area contributed by atoms with E-state index in [-0.39, 0.29) is 5.56 Å². The van der Waals surface area contributed by atoms with Crippen molar-refractivity contribution >= 4 is 23.2 Å². The summed E-state index contributed by atoms with van der Waals surface area (Å²) < 4.78 is 40.6. The Labute approximate surface area is 186 Å². The zero-order chi connectivity index (χ0) is 23.3. The number of benzene rings is 2. The maximum absolute atomic E-state index is 12.5. The highest BCUT2D eigenvalue weighted by Crippen LogP contribution is 2.24. The van der Waals surface area contributed by atoms with Gasteiger partial charge < -0.3 is 15.4 Å². The monoisotopic (exact) mass is 451 g/mol. The van der Waals surface area contributed by atoms with E-state index in [9.17, 15) is 18.0 Å². The lowest BCUT2D eigenvalue weighted by Crippen LogP contribution is -2.17. The van der Waals surface area contributed by atoms with Gasteiger partial charge in [0, 0.05) is 41.1 Å². The maximum Gasteiger partial charge on any atom is 0.573 e. The standard InChI is InChI=1S/C23H16F3N5O2/c24-23(25,26)33-19-6-4-16(5-7-19)21(32)29-17-2-1-3-18(14-17)30-22-28-13-10-20(31-22)15-8-11-27-12-9-15/h1-14H,(H,29,32)(H,28,30,31). The molecule has 2 aromatic carbocycles. The van der Waals surface area contributed by atoms with E-state index in [2.05, 4.69) is 30.3 Å². The molecule has 33 heavy (non-hydrogen) atoms. The van der Waals surface area contributed by atoms with E-state index in [1.54, 1.807) is 48.9 Å². The summed E-state index contributed by atoms with van der Waals surface area (Å²) in [5, 5.41) is 5.78. The number of rotatable bonds is 6. The van der Waals surface area contributed by atoms with Crippen molar-refractivity contribution < 1.29 is 22.7 Å². The van der Waals surface area contributed by atoms with E-state index in [0.29, 0.717) is 17.3 Å². The van der Waals surface area contributed by atoms with Gasteiger partial charge in [-0.2, -0.15) is 0 Å². The Bertz CT molecular complexity index is 1250. The van der Waals surface area contributed by atoms with E-state index < -0.39 is 18.0 Å². The average Bonchev–Trinajstić information content (AvgIpc) is 2.79. The number of anilines is 3. The van der Waals surface area contributed by atoms with Crippen LogP contribution in [0.2, 0.25) is 0 Å². The normalized spacial score (nSPS) is 11.0. The number of nitrogens with one attached hydrogen (secondary N) is 2. The van der Waals surface area contributed by atoms with Crippen LogP contribution in [0.4, 0.5) is 30.5 Å². The molecule has 0 radical (unpaired) electrons. The van der Waals surface area contributed by atoms with Crippen molar-refractivity contribution in [3.8, 4) is 17.0 Å². The zero-order valence-electron chi connectivity index (χ0n) is 16.9. The molecule has 0 bridgehead atoms. The predicted molar refractivity (Wildman–Crippen MR) is 116 cm³/mol. The van der Waals surface area contributed by atoms with Crippen molar-refractivity contribution in [2.45, 2.75) is 6.36 Å². The first kappa shape index (κ1) is 21.8. The van der Waals surface area contributed by atoms with Gasteiger partial charge in [-0.05, 0) is 60.7 Å². The summed E-state index contributed by atoms with van der Waals surface area (Å²) in [6.07, 6.45) is 0.183. The summed E-state index contributed by atoms with van der Waals surface area (Å²) in [6, 6.07) is 17.0. The second-order valence-corrected chi connectivity index (χ2v) is 6.73. The van der Waals surface area contributed by atoms with Crippen molar-refractivity contribution in [2.75, 3.05) is 10.6 Å². The number of hydrogen-bond donors (Lipinski definition) is 2. The van der Waals surface area contributed by atoms with Crippen LogP contribution in [-0.4, -0.2) is 27.2 Å². The molecule has 0 saturated heterocycles. The fourth-order valence-corrected chi connectivity index (χ4v) is 2.92. The van der Waals surface area contributed by atoms with Gasteiger partial charge in [-0.3, -0.25) is 9.78 Å². The van der Waals surface area contributed by atoms with Gasteiger partial charge in [-0.15, -0.1) is 13.2 Å². The second kappa shape index (κ2) is 9.35. The third kappa shape index (κ3) is 6.03. The number of hydrogen-bond acceptors (Lipinski definition) is 6. The van der Waals surface area contributed by atoms with E-state index in [4.69, 9.17) is 0 Å². The van der Waals surface area contributed by atoms with Gasteiger partial charge in [0.15, 0.2) is 0 Å². The van der Waals surface area contributed by atoms with Crippen LogP contribution in [0.15, 0.2) is 85.3 Å². The van der Waals surface area contributed by atoms with Gasteiger partial charge in [0.1, 0.15) is 5.75 Å². The number of amides is 1. The van der Waals surface area contributed by atoms with Crippen LogP contribution >= 0.6 is 0 Å². The molecule has 4 aromatic rings. The molecule has 4 rings (SSSR count). The highest BCUT2D eigenvalue weighted by molar-refractivity contribution is 6.04. The van der Waals surface area contributed by atoms with Crippen molar-refractivity contribution in [3.05, 3.63) is 90.9 Å². The smallest absolute Gasteiger partial charge is 0.406 e. The second-order valence-electron chi connectivity index (χ2n) is 6.73. The molecule has 0 spiro atoms. The van der Waals surface area contributed by atoms with Gasteiger partial charge in [-0.1, -0.05) is 6.07 Å². The number of carbonyl (C=O) groups is 1. The summed E-state index contributed by atoms with van der Waals surface area (Å²) in [5.41, 5.74) is 2.90. The number of nitrogens with zero attached hydrogens (tertiary/aromatic N) is 3. The Balaban J connectivity index is 1.44. The minimum absolute atomic E-state index is 0.177. The van der Waals surface area contributed by atoms with Crippen LogP contribution < -0.4 is 15.4 Å². The fourth-order valence-electron chi connectivity index (χ4n) is 2.92. The van der Waals surface area contributed by atoms with Crippen LogP contribution in [0.25, 0.3) is 11.3 Å². The largest absolute Gasteiger partial charge is 0.573 e. The number of ether oxygens (including phenoxy) is 1. The number of pyridine rings is 1. The molecule has 1 amide bonds. The Hall–Kier alpha value is -4.47. The number of halogens is 3. The molecule has 0 fully saturated rings. The molecule has 7 nitrogen and oxygen atoms in total. The van der Waals surface area contributed by atoms with Crippen LogP contribution in [0.1, 0.15) is 10.4 Å². The molecule has 0 unspecified atom stereocenters. The third-order valence-electron chi connectivity index (χ3n) is 4.36. The van der Waals surface area contributed by atoms with Crippen molar-refractivity contribution in [1.29, 1.82) is 0 Å². The van der Waals surface area contributed by atoms with Gasteiger partial charge in [0.25, 0.3) is 5.91 Å². The molecule has 0 aliphatic heterocycles. The molecule has 166 valence electrons. The number of carbonyl (C=O) groups excluding carboxylic acids is 1. The maximum atomic E-state index is 12.5. The fraction of sp³-hybridized carbons (Fsp3) is 0.0435. The lowest BCUT2D eigenvalue weighted by Gasteiger charge is -2.11. The van der Waals surface area contributed by atoms with Gasteiger partial charge in [0.2, 0.25) is 5.95 Å². The molecular weight excluding hydrogens is 435 g/mol. The lowest BCUT2D eigenvalue weighted by atomic mass is 10.2. The minimum Gasteiger partial charge on any atom is -0.406 e. The summed E-state index contributed by atoms with van der Waals surface area (Å²) >= 11 is 0. The highest BCUT2D eigenvalue weighted by Gasteiger charge is 2.31. The first-order valence-corrected chi connectivity index (χ1v) is 9.63. The quantitative estimate of drug-likeness (QED) is 0.406. The van der Waals surface area contributed by atoms with Crippen LogP contribution in [0.5, 0.6) is 5.75 Å². The van der Waals surface area contributed by atoms with Crippen molar-refractivity contribution in [2.24, 2.45) is 0 Å². The zero-order valence-corrected chi connectivity index (χ0v) is 16.9. The molecule has 2 heterocycles. The van der Waals surface area contributed by atoms with E-state index in [0.717, 1.165) is 23.4 Å². The predicted octanol–water partition coefficient (Wildman–Crippen LogP) is 5.43. The van der Waals surface area contributed by atoms with E-state index in [1.165, 1.54) is 12.1 Å². The topological polar surface area (TPSA) is 89.0 Å². The molecule has 0 saturated carbocycles. The molecule has 0 atom stereocenters. The third-order valence-corrected chi connectivity index (χ3v) is 4.36. The Morgan fingerprint density at radius 1 is 0.879 bits per heavy atom. The molecule has 10 heteroatoms. The highest BCUT2D eigenvalue weighted by atomic mass is 19.4. The lowest BCUT2D eigenvalue weighted by molar-refractivity contribution is -0.274. The first-order chi connectivity index (χ1) is 15.9. The summed E-state index contributed by atoms with van der Waals surface area (Å²) in [7, 11) is 0. The van der Waals surface area contributed by atoms with Crippen LogP contribution in [0, 0.1) is 0 Å². The molecular formula is C23H16F3N5O2. The number of alkyl halides is 3. The summed E-state index contributed by atoms with van der Waals surface area (Å²) in [6.45, 7) is 0. The van der Waals surface area contributed by atoms with Gasteiger partial charge in [-0.25, -0.2) is 9.97 Å². The Kier molecular flexibility index (Phi) is 6.16. The molecule has 2 aromatic heterocycles. The van der Waals surface area contributed by atoms with E-state index >= 15 is 0 Å².